The van der Waals surface area contributed by atoms with Crippen LogP contribution in [0.4, 0.5) is 0 Å². The van der Waals surface area contributed by atoms with Crippen LogP contribution in [0.2, 0.25) is 0 Å². The van der Waals surface area contributed by atoms with Gasteiger partial charge in [-0.15, -0.1) is 0 Å². The van der Waals surface area contributed by atoms with Crippen LogP contribution in [0.5, 0.6) is 0 Å². The van der Waals surface area contributed by atoms with Gasteiger partial charge >= 0.3 is 17.9 Å². The minimum atomic E-state index is -0.762. The Bertz CT molecular complexity index is 1010. The lowest BCUT2D eigenvalue weighted by Gasteiger charge is -2.18. The van der Waals surface area contributed by atoms with Crippen molar-refractivity contribution in [3.05, 3.63) is 0 Å². The molecule has 6 nitrogen and oxygen atoms in total. The van der Waals surface area contributed by atoms with Crippen LogP contribution in [0, 0.1) is 5.92 Å². The fraction of sp³-hybridized carbons (Fsp3) is 0.951. The van der Waals surface area contributed by atoms with Gasteiger partial charge in [0.15, 0.2) is 6.10 Å². The van der Waals surface area contributed by atoms with Gasteiger partial charge in [0.2, 0.25) is 0 Å². The molecule has 0 saturated carbocycles. The number of rotatable bonds is 56. The summed E-state index contributed by atoms with van der Waals surface area (Å²) in [7, 11) is 0. The molecule has 0 fully saturated rings. The van der Waals surface area contributed by atoms with Crippen molar-refractivity contribution in [2.45, 2.75) is 355 Å². The fourth-order valence-electron chi connectivity index (χ4n) is 9.46. The third kappa shape index (κ3) is 55.2. The van der Waals surface area contributed by atoms with Gasteiger partial charge in [-0.1, -0.05) is 310 Å². The minimum Gasteiger partial charge on any atom is -0.462 e. The van der Waals surface area contributed by atoms with Gasteiger partial charge in [0.05, 0.1) is 0 Å². The van der Waals surface area contributed by atoms with E-state index in [-0.39, 0.29) is 31.1 Å². The molecule has 0 heterocycles. The molecule has 0 radical (unpaired) electrons. The zero-order chi connectivity index (χ0) is 48.8. The smallest absolute Gasteiger partial charge is 0.306 e. The molecule has 0 bridgehead atoms. The molecule has 0 aromatic rings. The van der Waals surface area contributed by atoms with Gasteiger partial charge in [-0.3, -0.25) is 14.4 Å². The van der Waals surface area contributed by atoms with E-state index in [9.17, 15) is 14.4 Å². The highest BCUT2D eigenvalue weighted by molar-refractivity contribution is 5.71. The third-order valence-electron chi connectivity index (χ3n) is 14.0. The second-order valence-corrected chi connectivity index (χ2v) is 21.5. The van der Waals surface area contributed by atoms with E-state index < -0.39 is 6.10 Å². The lowest BCUT2D eigenvalue weighted by molar-refractivity contribution is -0.167. The van der Waals surface area contributed by atoms with E-state index in [1.54, 1.807) is 0 Å². The molecular formula is C61H118O6. The topological polar surface area (TPSA) is 78.9 Å². The summed E-state index contributed by atoms with van der Waals surface area (Å²) in [6, 6.07) is 0. The summed E-state index contributed by atoms with van der Waals surface area (Å²) in [5.74, 6) is -0.00558. The molecule has 0 unspecified atom stereocenters. The quantitative estimate of drug-likeness (QED) is 0.0343. The van der Waals surface area contributed by atoms with Gasteiger partial charge in [0.1, 0.15) is 13.2 Å². The minimum absolute atomic E-state index is 0.0616. The van der Waals surface area contributed by atoms with Crippen molar-refractivity contribution in [3.63, 3.8) is 0 Å². The molecular weight excluding hydrogens is 829 g/mol. The van der Waals surface area contributed by atoms with Crippen LogP contribution >= 0.6 is 0 Å². The number of esters is 3. The Labute approximate surface area is 418 Å². The van der Waals surface area contributed by atoms with Crippen LogP contribution in [0.3, 0.4) is 0 Å². The third-order valence-corrected chi connectivity index (χ3v) is 14.0. The molecule has 0 aliphatic rings. The lowest BCUT2D eigenvalue weighted by atomic mass is 10.0. The molecule has 0 rings (SSSR count). The number of unbranched alkanes of at least 4 members (excludes halogenated alkanes) is 43. The lowest BCUT2D eigenvalue weighted by Crippen LogP contribution is -2.30. The van der Waals surface area contributed by atoms with Gasteiger partial charge in [0, 0.05) is 19.3 Å². The van der Waals surface area contributed by atoms with E-state index in [1.165, 1.54) is 244 Å². The van der Waals surface area contributed by atoms with Crippen molar-refractivity contribution in [1.29, 1.82) is 0 Å². The number of carbonyl (C=O) groups excluding carboxylic acids is 3. The first kappa shape index (κ1) is 65.4. The van der Waals surface area contributed by atoms with Gasteiger partial charge in [-0.05, 0) is 25.2 Å². The number of hydrogen-bond acceptors (Lipinski definition) is 6. The van der Waals surface area contributed by atoms with Crippen LogP contribution in [-0.4, -0.2) is 37.2 Å². The molecule has 0 spiro atoms. The van der Waals surface area contributed by atoms with Crippen molar-refractivity contribution in [2.75, 3.05) is 13.2 Å². The second-order valence-electron chi connectivity index (χ2n) is 21.5. The van der Waals surface area contributed by atoms with Gasteiger partial charge in [-0.2, -0.15) is 0 Å². The summed E-state index contributed by atoms with van der Waals surface area (Å²) in [6.45, 7) is 9.06. The van der Waals surface area contributed by atoms with Crippen LogP contribution < -0.4 is 0 Å². The normalized spacial score (nSPS) is 12.0. The van der Waals surface area contributed by atoms with Crippen LogP contribution in [0.1, 0.15) is 349 Å². The standard InChI is InChI=1S/C61H118O6/c1-5-7-9-11-13-15-17-19-21-23-24-25-27-28-32-36-40-44-48-52-59(62)65-55-58(56-66-60(63)53-49-45-41-37-34-30-31-35-39-43-47-51-57(3)4)67-61(64)54-50-46-42-38-33-29-26-22-20-18-16-14-12-10-8-6-2/h57-58H,5-56H2,1-4H3/t58-/m1/s1. The zero-order valence-electron chi connectivity index (χ0n) is 45.9. The number of carbonyl (C=O) groups is 3. The fourth-order valence-corrected chi connectivity index (χ4v) is 9.46. The highest BCUT2D eigenvalue weighted by atomic mass is 16.6. The van der Waals surface area contributed by atoms with Gasteiger partial charge < -0.3 is 14.2 Å². The molecule has 6 heteroatoms. The van der Waals surface area contributed by atoms with Crippen LogP contribution in [0.25, 0.3) is 0 Å². The molecule has 67 heavy (non-hydrogen) atoms. The summed E-state index contributed by atoms with van der Waals surface area (Å²) in [6.07, 6.45) is 61.0. The largest absolute Gasteiger partial charge is 0.462 e. The predicted octanol–water partition coefficient (Wildman–Crippen LogP) is 20.2. The predicted molar refractivity (Wildman–Crippen MR) is 289 cm³/mol. The average molecular weight is 948 g/mol. The highest BCUT2D eigenvalue weighted by Crippen LogP contribution is 2.18. The molecule has 0 aromatic carbocycles. The first-order valence-electron chi connectivity index (χ1n) is 30.4. The summed E-state index contributed by atoms with van der Waals surface area (Å²) < 4.78 is 16.9. The zero-order valence-corrected chi connectivity index (χ0v) is 45.9. The van der Waals surface area contributed by atoms with Crippen molar-refractivity contribution >= 4 is 17.9 Å². The summed E-state index contributed by atoms with van der Waals surface area (Å²) in [5, 5.41) is 0. The summed E-state index contributed by atoms with van der Waals surface area (Å²) >= 11 is 0. The monoisotopic (exact) mass is 947 g/mol. The summed E-state index contributed by atoms with van der Waals surface area (Å²) in [5.41, 5.74) is 0. The number of hydrogen-bond donors (Lipinski definition) is 0. The molecule has 1 atom stereocenters. The van der Waals surface area contributed by atoms with E-state index in [2.05, 4.69) is 27.7 Å². The second kappa shape index (κ2) is 55.3. The Hall–Kier alpha value is -1.59. The van der Waals surface area contributed by atoms with E-state index in [0.717, 1.165) is 63.7 Å². The Morgan fingerprint density at radius 3 is 0.731 bits per heavy atom. The molecule has 0 saturated heterocycles. The van der Waals surface area contributed by atoms with E-state index in [1.807, 2.05) is 0 Å². The van der Waals surface area contributed by atoms with Crippen molar-refractivity contribution in [2.24, 2.45) is 5.92 Å². The Morgan fingerprint density at radius 2 is 0.493 bits per heavy atom. The van der Waals surface area contributed by atoms with Crippen molar-refractivity contribution < 1.29 is 28.6 Å². The van der Waals surface area contributed by atoms with Crippen LogP contribution in [0.15, 0.2) is 0 Å². The van der Waals surface area contributed by atoms with Crippen molar-refractivity contribution in [3.8, 4) is 0 Å². The van der Waals surface area contributed by atoms with E-state index in [0.29, 0.717) is 19.3 Å². The molecule has 0 amide bonds. The van der Waals surface area contributed by atoms with Gasteiger partial charge in [0.25, 0.3) is 0 Å². The van der Waals surface area contributed by atoms with Gasteiger partial charge in [-0.25, -0.2) is 0 Å². The SMILES string of the molecule is CCCCCCCCCCCCCCCCCCCCCC(=O)OC[C@H](COC(=O)CCCCCCCCCCCCCC(C)C)OC(=O)CCCCCCCCCCCCCCCCCC. The Morgan fingerprint density at radius 1 is 0.284 bits per heavy atom. The summed E-state index contributed by atoms with van der Waals surface area (Å²) in [4.78, 5) is 38.2. The molecule has 0 aliphatic carbocycles. The molecule has 0 N–H and O–H groups in total. The Kier molecular flexibility index (Phi) is 54.0. The average Bonchev–Trinajstić information content (AvgIpc) is 3.31. The first-order valence-corrected chi connectivity index (χ1v) is 30.4. The number of ether oxygens (including phenoxy) is 3. The molecule has 398 valence electrons. The molecule has 0 aromatic heterocycles. The maximum absolute atomic E-state index is 12.9. The first-order chi connectivity index (χ1) is 32.9. The maximum atomic E-state index is 12.9. The van der Waals surface area contributed by atoms with Crippen molar-refractivity contribution in [1.82, 2.24) is 0 Å². The van der Waals surface area contributed by atoms with E-state index >= 15 is 0 Å². The maximum Gasteiger partial charge on any atom is 0.306 e. The van der Waals surface area contributed by atoms with Crippen LogP contribution in [-0.2, 0) is 28.6 Å². The highest BCUT2D eigenvalue weighted by Gasteiger charge is 2.19. The van der Waals surface area contributed by atoms with E-state index in [4.69, 9.17) is 14.2 Å². The molecule has 0 aliphatic heterocycles. The Balaban J connectivity index is 4.27.